The van der Waals surface area contributed by atoms with Gasteiger partial charge < -0.3 is 15.3 Å². The molecule has 7 heteroatoms. The van der Waals surface area contributed by atoms with E-state index in [-0.39, 0.29) is 0 Å². The zero-order valence-corrected chi connectivity index (χ0v) is 9.35. The highest BCUT2D eigenvalue weighted by molar-refractivity contribution is 9.10. The van der Waals surface area contributed by atoms with Gasteiger partial charge in [-0.1, -0.05) is 5.16 Å². The number of nitrogens with one attached hydrogen (secondary N) is 1. The van der Waals surface area contributed by atoms with Crippen molar-refractivity contribution in [3.63, 3.8) is 0 Å². The summed E-state index contributed by atoms with van der Waals surface area (Å²) in [6, 6.07) is 1.47. The Bertz CT molecular complexity index is 395. The van der Waals surface area contributed by atoms with E-state index in [0.717, 1.165) is 6.34 Å². The molecule has 0 amide bonds. The third-order valence-electron chi connectivity index (χ3n) is 1.53. The van der Waals surface area contributed by atoms with E-state index in [1.165, 1.54) is 19.4 Å². The molecule has 2 N–H and O–H groups in total. The summed E-state index contributed by atoms with van der Waals surface area (Å²) in [5, 5.41) is 13.5. The van der Waals surface area contributed by atoms with Crippen LogP contribution in [0, 0.1) is 0 Å². The normalized spacial score (nSPS) is 10.3. The summed E-state index contributed by atoms with van der Waals surface area (Å²) in [6.45, 7) is 0. The Hall–Kier alpha value is -1.63. The summed E-state index contributed by atoms with van der Waals surface area (Å²) in [7, 11) is 1.29. The minimum Gasteiger partial charge on any atom is -0.465 e. The second kappa shape index (κ2) is 5.30. The first-order valence-corrected chi connectivity index (χ1v) is 4.64. The first-order valence-electron chi connectivity index (χ1n) is 3.85. The van der Waals surface area contributed by atoms with Crippen LogP contribution in [0.3, 0.4) is 0 Å². The number of rotatable bonds is 3. The van der Waals surface area contributed by atoms with Gasteiger partial charge in [0, 0.05) is 6.20 Å². The van der Waals surface area contributed by atoms with Gasteiger partial charge in [-0.2, -0.15) is 0 Å². The van der Waals surface area contributed by atoms with Crippen molar-refractivity contribution < 1.29 is 14.7 Å². The molecule has 0 aromatic carbocycles. The number of oxime groups is 1. The highest BCUT2D eigenvalue weighted by atomic mass is 79.9. The number of nitrogens with zero attached hydrogens (tertiary/aromatic N) is 2. The van der Waals surface area contributed by atoms with E-state index < -0.39 is 5.97 Å². The Morgan fingerprint density at radius 3 is 3.13 bits per heavy atom. The van der Waals surface area contributed by atoms with Crippen LogP contribution in [0.15, 0.2) is 21.9 Å². The number of hydrogen-bond acceptors (Lipinski definition) is 5. The molecule has 0 aliphatic rings. The van der Waals surface area contributed by atoms with Crippen LogP contribution in [-0.2, 0) is 4.74 Å². The van der Waals surface area contributed by atoms with Crippen molar-refractivity contribution in [3.05, 3.63) is 22.3 Å². The van der Waals surface area contributed by atoms with Gasteiger partial charge in [-0.05, 0) is 22.0 Å². The third-order valence-corrected chi connectivity index (χ3v) is 2.16. The van der Waals surface area contributed by atoms with Gasteiger partial charge in [0.1, 0.15) is 12.2 Å². The molecule has 0 saturated carbocycles. The standard InChI is InChI=1S/C8H8BrN3O3/c1-15-8(13)5-2-7(11-4-12-14)10-3-6(5)9/h2-4,14H,1H3,(H,10,11,12). The van der Waals surface area contributed by atoms with Crippen LogP contribution in [-0.4, -0.2) is 29.6 Å². The van der Waals surface area contributed by atoms with Crippen LogP contribution < -0.4 is 5.32 Å². The van der Waals surface area contributed by atoms with E-state index in [0.29, 0.717) is 15.9 Å². The highest BCUT2D eigenvalue weighted by Gasteiger charge is 2.11. The van der Waals surface area contributed by atoms with Crippen LogP contribution in [0.1, 0.15) is 10.4 Å². The van der Waals surface area contributed by atoms with Crippen LogP contribution in [0.4, 0.5) is 5.82 Å². The number of aromatic nitrogens is 1. The molecule has 1 rings (SSSR count). The molecule has 0 saturated heterocycles. The smallest absolute Gasteiger partial charge is 0.339 e. The molecule has 1 aromatic rings. The molecule has 0 aliphatic carbocycles. The van der Waals surface area contributed by atoms with Crippen molar-refractivity contribution in [2.75, 3.05) is 12.4 Å². The van der Waals surface area contributed by atoms with E-state index in [4.69, 9.17) is 5.21 Å². The SMILES string of the molecule is COC(=O)c1cc(N/C=N/O)ncc1Br. The molecule has 15 heavy (non-hydrogen) atoms. The second-order valence-electron chi connectivity index (χ2n) is 2.43. The lowest BCUT2D eigenvalue weighted by atomic mass is 10.2. The van der Waals surface area contributed by atoms with Gasteiger partial charge in [-0.25, -0.2) is 9.78 Å². The Labute approximate surface area is 94.1 Å². The molecule has 6 nitrogen and oxygen atoms in total. The summed E-state index contributed by atoms with van der Waals surface area (Å²) >= 11 is 3.17. The molecule has 0 bridgehead atoms. The largest absolute Gasteiger partial charge is 0.465 e. The zero-order valence-electron chi connectivity index (χ0n) is 7.77. The minimum absolute atomic E-state index is 0.335. The molecular weight excluding hydrogens is 266 g/mol. The topological polar surface area (TPSA) is 83.8 Å². The third kappa shape index (κ3) is 2.91. The maximum absolute atomic E-state index is 11.3. The number of methoxy groups -OCH3 is 1. The van der Waals surface area contributed by atoms with Crippen LogP contribution in [0.2, 0.25) is 0 Å². The van der Waals surface area contributed by atoms with E-state index >= 15 is 0 Å². The summed E-state index contributed by atoms with van der Waals surface area (Å²) in [6.07, 6.45) is 2.48. The minimum atomic E-state index is -0.478. The summed E-state index contributed by atoms with van der Waals surface area (Å²) in [4.78, 5) is 15.2. The molecule has 0 spiro atoms. The predicted molar refractivity (Wildman–Crippen MR) is 57.2 cm³/mol. The number of ether oxygens (including phenoxy) is 1. The lowest BCUT2D eigenvalue weighted by Crippen LogP contribution is -2.05. The number of esters is 1. The molecule has 0 atom stereocenters. The average molecular weight is 274 g/mol. The highest BCUT2D eigenvalue weighted by Crippen LogP contribution is 2.19. The van der Waals surface area contributed by atoms with Crippen molar-refractivity contribution in [1.29, 1.82) is 0 Å². The van der Waals surface area contributed by atoms with Gasteiger partial charge >= 0.3 is 5.97 Å². The Kier molecular flexibility index (Phi) is 4.04. The quantitative estimate of drug-likeness (QED) is 0.286. The zero-order chi connectivity index (χ0) is 11.3. The first kappa shape index (κ1) is 11.4. The van der Waals surface area contributed by atoms with Gasteiger partial charge in [-0.3, -0.25) is 0 Å². The molecule has 0 fully saturated rings. The lowest BCUT2D eigenvalue weighted by molar-refractivity contribution is 0.0599. The molecule has 0 radical (unpaired) electrons. The number of carbonyl (C=O) groups excluding carboxylic acids is 1. The van der Waals surface area contributed by atoms with Crippen LogP contribution >= 0.6 is 15.9 Å². The van der Waals surface area contributed by atoms with E-state index in [1.807, 2.05) is 0 Å². The van der Waals surface area contributed by atoms with Gasteiger partial charge in [0.05, 0.1) is 17.1 Å². The summed E-state index contributed by atoms with van der Waals surface area (Å²) < 4.78 is 5.10. The van der Waals surface area contributed by atoms with Gasteiger partial charge in [0.25, 0.3) is 0 Å². The molecule has 1 aromatic heterocycles. The van der Waals surface area contributed by atoms with Crippen LogP contribution in [0.5, 0.6) is 0 Å². The van der Waals surface area contributed by atoms with E-state index in [1.54, 1.807) is 0 Å². The predicted octanol–water partition coefficient (Wildman–Crippen LogP) is 1.46. The maximum Gasteiger partial charge on any atom is 0.339 e. The maximum atomic E-state index is 11.3. The average Bonchev–Trinajstić information content (AvgIpc) is 2.27. The number of halogens is 1. The number of anilines is 1. The molecule has 0 unspecified atom stereocenters. The van der Waals surface area contributed by atoms with Crippen molar-refractivity contribution in [2.45, 2.75) is 0 Å². The van der Waals surface area contributed by atoms with Crippen molar-refractivity contribution in [1.82, 2.24) is 4.98 Å². The fourth-order valence-electron chi connectivity index (χ4n) is 0.879. The molecular formula is C8H8BrN3O3. The van der Waals surface area contributed by atoms with Gasteiger partial charge in [-0.15, -0.1) is 0 Å². The summed E-state index contributed by atoms with van der Waals surface area (Å²) in [5.74, 6) is -0.107. The van der Waals surface area contributed by atoms with E-state index in [2.05, 4.69) is 36.1 Å². The lowest BCUT2D eigenvalue weighted by Gasteiger charge is -2.04. The molecule has 1 heterocycles. The molecule has 0 aliphatic heterocycles. The fourth-order valence-corrected chi connectivity index (χ4v) is 1.26. The van der Waals surface area contributed by atoms with Crippen LogP contribution in [0.25, 0.3) is 0 Å². The van der Waals surface area contributed by atoms with Crippen molar-refractivity contribution >= 4 is 34.1 Å². The number of carbonyl (C=O) groups is 1. The number of hydrogen-bond donors (Lipinski definition) is 2. The monoisotopic (exact) mass is 273 g/mol. The summed E-state index contributed by atoms with van der Waals surface area (Å²) in [5.41, 5.74) is 0.335. The van der Waals surface area contributed by atoms with E-state index in [9.17, 15) is 4.79 Å². The Morgan fingerprint density at radius 1 is 1.80 bits per heavy atom. The Morgan fingerprint density at radius 2 is 2.53 bits per heavy atom. The van der Waals surface area contributed by atoms with Crippen molar-refractivity contribution in [3.8, 4) is 0 Å². The first-order chi connectivity index (χ1) is 7.19. The van der Waals surface area contributed by atoms with Gasteiger partial charge in [0.2, 0.25) is 0 Å². The fraction of sp³-hybridized carbons (Fsp3) is 0.125. The van der Waals surface area contributed by atoms with Gasteiger partial charge in [0.15, 0.2) is 0 Å². The Balaban J connectivity index is 2.99. The second-order valence-corrected chi connectivity index (χ2v) is 3.28. The molecule has 80 valence electrons. The number of pyridine rings is 1. The van der Waals surface area contributed by atoms with Crippen molar-refractivity contribution in [2.24, 2.45) is 5.16 Å².